The van der Waals surface area contributed by atoms with Crippen LogP contribution in [0.4, 0.5) is 0 Å². The zero-order valence-corrected chi connectivity index (χ0v) is 19.7. The van der Waals surface area contributed by atoms with Gasteiger partial charge >= 0.3 is 0 Å². The molecule has 35 heavy (non-hydrogen) atoms. The fourth-order valence-electron chi connectivity index (χ4n) is 3.08. The van der Waals surface area contributed by atoms with E-state index in [2.05, 4.69) is 15.8 Å². The lowest BCUT2D eigenvalue weighted by Crippen LogP contribution is -2.34. The summed E-state index contributed by atoms with van der Waals surface area (Å²) in [5, 5.41) is 6.46. The van der Waals surface area contributed by atoms with E-state index in [9.17, 15) is 9.59 Å². The predicted octanol–water partition coefficient (Wildman–Crippen LogP) is 3.17. The van der Waals surface area contributed by atoms with E-state index in [-0.39, 0.29) is 6.54 Å². The van der Waals surface area contributed by atoms with Gasteiger partial charge in [-0.3, -0.25) is 9.59 Å². The standard InChI is InChI=1S/C26H27N3O6/c1-32-21-12-10-20(14-24(21)34-3)26(31)27-16-25(30)29-28-15-19-9-11-22(23(13-19)33-2)35-17-18-7-5-4-6-8-18/h4-15H,16-17H2,1-3H3,(H,27,31)(H,29,30)/b28-15-. The Hall–Kier alpha value is -4.53. The molecule has 0 fully saturated rings. The van der Waals surface area contributed by atoms with Crippen LogP contribution in [0, 0.1) is 0 Å². The molecular weight excluding hydrogens is 450 g/mol. The molecule has 0 aromatic heterocycles. The Labute approximate surface area is 203 Å². The van der Waals surface area contributed by atoms with Crippen molar-refractivity contribution in [3.63, 3.8) is 0 Å². The van der Waals surface area contributed by atoms with Crippen molar-refractivity contribution in [1.82, 2.24) is 10.7 Å². The van der Waals surface area contributed by atoms with Gasteiger partial charge in [0.05, 0.1) is 34.1 Å². The van der Waals surface area contributed by atoms with E-state index < -0.39 is 11.8 Å². The number of ether oxygens (including phenoxy) is 4. The molecule has 0 atom stereocenters. The van der Waals surface area contributed by atoms with Crippen LogP contribution in [0.25, 0.3) is 0 Å². The fourth-order valence-corrected chi connectivity index (χ4v) is 3.08. The molecule has 0 radical (unpaired) electrons. The van der Waals surface area contributed by atoms with Crippen molar-refractivity contribution in [2.75, 3.05) is 27.9 Å². The third-order valence-electron chi connectivity index (χ3n) is 4.88. The lowest BCUT2D eigenvalue weighted by Gasteiger charge is -2.11. The van der Waals surface area contributed by atoms with Crippen molar-refractivity contribution >= 4 is 18.0 Å². The SMILES string of the molecule is COc1ccc(C(=O)NCC(=O)N/N=C\c2ccc(OCc3ccccc3)c(OC)c2)cc1OC. The second-order valence-corrected chi connectivity index (χ2v) is 7.23. The molecule has 0 unspecified atom stereocenters. The summed E-state index contributed by atoms with van der Waals surface area (Å²) in [5.41, 5.74) is 4.45. The number of nitrogens with zero attached hydrogens (tertiary/aromatic N) is 1. The summed E-state index contributed by atoms with van der Waals surface area (Å²) in [7, 11) is 4.53. The Balaban J connectivity index is 1.50. The van der Waals surface area contributed by atoms with Crippen LogP contribution in [-0.4, -0.2) is 45.9 Å². The van der Waals surface area contributed by atoms with Gasteiger partial charge in [0.15, 0.2) is 23.0 Å². The summed E-state index contributed by atoms with van der Waals surface area (Å²) in [6.45, 7) is 0.163. The molecule has 0 spiro atoms. The number of rotatable bonds is 11. The predicted molar refractivity (Wildman–Crippen MR) is 131 cm³/mol. The van der Waals surface area contributed by atoms with E-state index in [0.717, 1.165) is 5.56 Å². The zero-order valence-electron chi connectivity index (χ0n) is 19.7. The van der Waals surface area contributed by atoms with Crippen molar-refractivity contribution < 1.29 is 28.5 Å². The van der Waals surface area contributed by atoms with Crippen molar-refractivity contribution in [3.8, 4) is 23.0 Å². The Kier molecular flexibility index (Phi) is 9.07. The monoisotopic (exact) mass is 477 g/mol. The highest BCUT2D eigenvalue weighted by molar-refractivity contribution is 5.97. The van der Waals surface area contributed by atoms with Crippen LogP contribution in [0.15, 0.2) is 71.8 Å². The average Bonchev–Trinajstić information content (AvgIpc) is 2.90. The third kappa shape index (κ3) is 7.23. The molecule has 2 amide bonds. The fraction of sp³-hybridized carbons (Fsp3) is 0.192. The Morgan fingerprint density at radius 3 is 2.23 bits per heavy atom. The van der Waals surface area contributed by atoms with Crippen molar-refractivity contribution in [2.24, 2.45) is 5.10 Å². The number of carbonyl (C=O) groups excluding carboxylic acids is 2. The molecule has 0 saturated carbocycles. The summed E-state index contributed by atoms with van der Waals surface area (Å²) < 4.78 is 21.6. The first kappa shape index (κ1) is 25.1. The molecule has 0 aliphatic rings. The molecule has 0 aliphatic carbocycles. The van der Waals surface area contributed by atoms with E-state index in [0.29, 0.717) is 40.7 Å². The van der Waals surface area contributed by atoms with Crippen LogP contribution in [-0.2, 0) is 11.4 Å². The highest BCUT2D eigenvalue weighted by Gasteiger charge is 2.12. The first-order chi connectivity index (χ1) is 17.0. The van der Waals surface area contributed by atoms with Crippen molar-refractivity contribution in [1.29, 1.82) is 0 Å². The van der Waals surface area contributed by atoms with Crippen LogP contribution >= 0.6 is 0 Å². The second kappa shape index (κ2) is 12.6. The largest absolute Gasteiger partial charge is 0.493 e. The Morgan fingerprint density at radius 1 is 0.829 bits per heavy atom. The van der Waals surface area contributed by atoms with Gasteiger partial charge in [0.2, 0.25) is 0 Å². The highest BCUT2D eigenvalue weighted by Crippen LogP contribution is 2.29. The zero-order chi connectivity index (χ0) is 25.0. The van der Waals surface area contributed by atoms with E-state index in [4.69, 9.17) is 18.9 Å². The van der Waals surface area contributed by atoms with Gasteiger partial charge in [-0.25, -0.2) is 5.43 Å². The van der Waals surface area contributed by atoms with Crippen molar-refractivity contribution in [3.05, 3.63) is 83.4 Å². The molecule has 0 aliphatic heterocycles. The normalized spacial score (nSPS) is 10.5. The number of nitrogens with one attached hydrogen (secondary N) is 2. The Bertz CT molecular complexity index is 1180. The molecule has 3 rings (SSSR count). The number of benzene rings is 3. The molecule has 3 aromatic carbocycles. The van der Waals surface area contributed by atoms with Gasteiger partial charge in [0.1, 0.15) is 6.61 Å². The number of hydrogen-bond acceptors (Lipinski definition) is 7. The second-order valence-electron chi connectivity index (χ2n) is 7.23. The van der Waals surface area contributed by atoms with Crippen LogP contribution in [0.1, 0.15) is 21.5 Å². The summed E-state index contributed by atoms with van der Waals surface area (Å²) in [6.07, 6.45) is 1.47. The average molecular weight is 478 g/mol. The molecule has 3 aromatic rings. The van der Waals surface area contributed by atoms with Gasteiger partial charge in [0, 0.05) is 5.56 Å². The van der Waals surface area contributed by atoms with Crippen LogP contribution in [0.2, 0.25) is 0 Å². The molecular formula is C26H27N3O6. The molecule has 2 N–H and O–H groups in total. The quantitative estimate of drug-likeness (QED) is 0.325. The lowest BCUT2D eigenvalue weighted by molar-refractivity contribution is -0.120. The van der Waals surface area contributed by atoms with E-state index >= 15 is 0 Å². The van der Waals surface area contributed by atoms with Crippen molar-refractivity contribution in [2.45, 2.75) is 6.61 Å². The Morgan fingerprint density at radius 2 is 1.51 bits per heavy atom. The third-order valence-corrected chi connectivity index (χ3v) is 4.88. The minimum Gasteiger partial charge on any atom is -0.493 e. The summed E-state index contributed by atoms with van der Waals surface area (Å²) in [6, 6.07) is 19.8. The van der Waals surface area contributed by atoms with Gasteiger partial charge in [-0.2, -0.15) is 5.10 Å². The number of hydrogen-bond donors (Lipinski definition) is 2. The lowest BCUT2D eigenvalue weighted by atomic mass is 10.2. The van der Waals surface area contributed by atoms with E-state index in [1.165, 1.54) is 26.5 Å². The van der Waals surface area contributed by atoms with Gasteiger partial charge in [-0.05, 0) is 47.5 Å². The first-order valence-electron chi connectivity index (χ1n) is 10.7. The van der Waals surface area contributed by atoms with E-state index in [1.54, 1.807) is 37.4 Å². The maximum atomic E-state index is 12.3. The first-order valence-corrected chi connectivity index (χ1v) is 10.7. The molecule has 0 saturated heterocycles. The minimum atomic E-state index is -0.482. The summed E-state index contributed by atoms with van der Waals surface area (Å²) in [5.74, 6) is 1.14. The topological polar surface area (TPSA) is 107 Å². The van der Waals surface area contributed by atoms with Crippen LogP contribution in [0.5, 0.6) is 23.0 Å². The number of amides is 2. The minimum absolute atomic E-state index is 0.250. The van der Waals surface area contributed by atoms with Crippen LogP contribution < -0.4 is 29.7 Å². The van der Waals surface area contributed by atoms with Crippen LogP contribution in [0.3, 0.4) is 0 Å². The molecule has 0 bridgehead atoms. The molecule has 0 heterocycles. The highest BCUT2D eigenvalue weighted by atomic mass is 16.5. The van der Waals surface area contributed by atoms with Gasteiger partial charge in [-0.1, -0.05) is 30.3 Å². The number of methoxy groups -OCH3 is 3. The summed E-state index contributed by atoms with van der Waals surface area (Å²) in [4.78, 5) is 24.4. The van der Waals surface area contributed by atoms with Gasteiger partial charge in [0.25, 0.3) is 11.8 Å². The molecule has 182 valence electrons. The molecule has 9 nitrogen and oxygen atoms in total. The molecule has 9 heteroatoms. The number of carbonyl (C=O) groups is 2. The summed E-state index contributed by atoms with van der Waals surface area (Å²) >= 11 is 0. The maximum absolute atomic E-state index is 12.3. The smallest absolute Gasteiger partial charge is 0.259 e. The maximum Gasteiger partial charge on any atom is 0.259 e. The van der Waals surface area contributed by atoms with Gasteiger partial charge < -0.3 is 24.3 Å². The number of hydrazone groups is 1. The van der Waals surface area contributed by atoms with Gasteiger partial charge in [-0.15, -0.1) is 0 Å². The van der Waals surface area contributed by atoms with E-state index in [1.807, 2.05) is 30.3 Å².